The van der Waals surface area contributed by atoms with E-state index in [4.69, 9.17) is 16.3 Å². The molecule has 28 heavy (non-hydrogen) atoms. The molecule has 0 aromatic heterocycles. The highest BCUT2D eigenvalue weighted by molar-refractivity contribution is 6.47. The summed E-state index contributed by atoms with van der Waals surface area (Å²) in [6, 6.07) is 14.4. The summed E-state index contributed by atoms with van der Waals surface area (Å²) in [4.78, 5) is 39.9. The van der Waals surface area contributed by atoms with Gasteiger partial charge >= 0.3 is 5.97 Å². The first-order chi connectivity index (χ1) is 13.5. The molecule has 0 saturated carbocycles. The second kappa shape index (κ2) is 7.09. The molecule has 7 nitrogen and oxygen atoms in total. The van der Waals surface area contributed by atoms with E-state index >= 15 is 0 Å². The van der Waals surface area contributed by atoms with Crippen molar-refractivity contribution in [3.8, 4) is 0 Å². The lowest BCUT2D eigenvalue weighted by Crippen LogP contribution is -2.39. The van der Waals surface area contributed by atoms with E-state index < -0.39 is 29.7 Å². The zero-order valence-corrected chi connectivity index (χ0v) is 15.7. The van der Waals surface area contributed by atoms with Crippen LogP contribution in [0.2, 0.25) is 5.02 Å². The minimum atomic E-state index is -1.04. The predicted octanol–water partition coefficient (Wildman–Crippen LogP) is 2.64. The van der Waals surface area contributed by atoms with E-state index in [9.17, 15) is 14.4 Å². The second-order valence-corrected chi connectivity index (χ2v) is 6.74. The summed E-state index contributed by atoms with van der Waals surface area (Å²) in [5.74, 6) is -2.73. The van der Waals surface area contributed by atoms with Crippen LogP contribution in [0.4, 0.5) is 11.4 Å². The number of imide groups is 1. The van der Waals surface area contributed by atoms with E-state index in [2.05, 4.69) is 5.10 Å². The topological polar surface area (TPSA) is 79.3 Å². The van der Waals surface area contributed by atoms with Crippen molar-refractivity contribution in [2.45, 2.75) is 13.0 Å². The molecule has 0 unspecified atom stereocenters. The molecule has 4 rings (SSSR count). The quantitative estimate of drug-likeness (QED) is 0.585. The molecule has 0 spiro atoms. The van der Waals surface area contributed by atoms with Gasteiger partial charge in [-0.05, 0) is 37.3 Å². The largest absolute Gasteiger partial charge is 0.461 e. The van der Waals surface area contributed by atoms with E-state index in [-0.39, 0.29) is 12.3 Å². The van der Waals surface area contributed by atoms with Gasteiger partial charge in [-0.1, -0.05) is 35.9 Å². The number of para-hydroxylation sites is 1. The van der Waals surface area contributed by atoms with Gasteiger partial charge in [0.2, 0.25) is 5.91 Å². The lowest BCUT2D eigenvalue weighted by Gasteiger charge is -2.22. The van der Waals surface area contributed by atoms with Crippen LogP contribution in [-0.4, -0.2) is 36.1 Å². The highest BCUT2D eigenvalue weighted by Crippen LogP contribution is 2.38. The van der Waals surface area contributed by atoms with E-state index in [1.165, 1.54) is 11.1 Å². The minimum Gasteiger partial charge on any atom is -0.461 e. The average Bonchev–Trinajstić information content (AvgIpc) is 3.20. The number of rotatable bonds is 4. The van der Waals surface area contributed by atoms with Gasteiger partial charge in [0.05, 0.1) is 18.0 Å². The van der Waals surface area contributed by atoms with Crippen LogP contribution in [0.1, 0.15) is 6.92 Å². The van der Waals surface area contributed by atoms with Crippen molar-refractivity contribution < 1.29 is 19.1 Å². The highest BCUT2D eigenvalue weighted by atomic mass is 35.5. The third kappa shape index (κ3) is 2.84. The Morgan fingerprint density at radius 3 is 2.46 bits per heavy atom. The number of benzene rings is 2. The molecule has 2 aromatic carbocycles. The zero-order valence-electron chi connectivity index (χ0n) is 14.9. The van der Waals surface area contributed by atoms with Crippen molar-refractivity contribution in [3.63, 3.8) is 0 Å². The molecular weight excluding hydrogens is 382 g/mol. The van der Waals surface area contributed by atoms with E-state index in [0.717, 1.165) is 4.90 Å². The Morgan fingerprint density at radius 2 is 1.79 bits per heavy atom. The Kier molecular flexibility index (Phi) is 4.60. The lowest BCUT2D eigenvalue weighted by molar-refractivity contribution is -0.136. The molecule has 2 amide bonds. The van der Waals surface area contributed by atoms with Gasteiger partial charge in [0, 0.05) is 5.02 Å². The van der Waals surface area contributed by atoms with Crippen molar-refractivity contribution in [2.24, 2.45) is 11.0 Å². The number of hydrazone groups is 1. The first-order valence-corrected chi connectivity index (χ1v) is 9.14. The summed E-state index contributed by atoms with van der Waals surface area (Å²) in [6.07, 6.45) is 0. The molecule has 2 aliphatic rings. The molecule has 0 bridgehead atoms. The number of amides is 2. The number of hydrogen-bond acceptors (Lipinski definition) is 6. The molecule has 0 N–H and O–H groups in total. The van der Waals surface area contributed by atoms with Gasteiger partial charge in [-0.15, -0.1) is 0 Å². The maximum Gasteiger partial charge on any atom is 0.355 e. The summed E-state index contributed by atoms with van der Waals surface area (Å²) in [5, 5.41) is 6.10. The Morgan fingerprint density at radius 1 is 1.07 bits per heavy atom. The number of anilines is 2. The molecular formula is C20H16ClN3O4. The van der Waals surface area contributed by atoms with E-state index in [1.54, 1.807) is 49.4 Å². The van der Waals surface area contributed by atoms with Crippen LogP contribution >= 0.6 is 11.6 Å². The van der Waals surface area contributed by atoms with Gasteiger partial charge in [-0.2, -0.15) is 5.10 Å². The average molecular weight is 398 g/mol. The third-order valence-electron chi connectivity index (χ3n) is 4.62. The fourth-order valence-corrected chi connectivity index (χ4v) is 3.64. The highest BCUT2D eigenvalue weighted by Gasteiger charge is 2.59. The molecule has 0 aliphatic carbocycles. The Bertz CT molecular complexity index is 992. The lowest BCUT2D eigenvalue weighted by atomic mass is 9.98. The van der Waals surface area contributed by atoms with Gasteiger partial charge in [-0.25, -0.2) is 9.69 Å². The van der Waals surface area contributed by atoms with Crippen molar-refractivity contribution in [1.82, 2.24) is 0 Å². The van der Waals surface area contributed by atoms with Crippen LogP contribution in [0.5, 0.6) is 0 Å². The fraction of sp³-hybridized carbons (Fsp3) is 0.200. The van der Waals surface area contributed by atoms with Crippen molar-refractivity contribution in [2.75, 3.05) is 16.5 Å². The summed E-state index contributed by atoms with van der Waals surface area (Å²) < 4.78 is 5.06. The van der Waals surface area contributed by atoms with Crippen LogP contribution in [0.3, 0.4) is 0 Å². The van der Waals surface area contributed by atoms with Gasteiger partial charge < -0.3 is 4.74 Å². The Balaban J connectivity index is 1.79. The maximum atomic E-state index is 13.2. The smallest absolute Gasteiger partial charge is 0.355 e. The fourth-order valence-electron chi connectivity index (χ4n) is 3.45. The first kappa shape index (κ1) is 18.2. The number of halogens is 1. The minimum absolute atomic E-state index is 0.0708. The normalized spacial score (nSPS) is 21.0. The zero-order chi connectivity index (χ0) is 19.8. The molecule has 142 valence electrons. The number of hydrogen-bond donors (Lipinski definition) is 0. The van der Waals surface area contributed by atoms with E-state index in [0.29, 0.717) is 16.4 Å². The van der Waals surface area contributed by atoms with Gasteiger partial charge in [0.25, 0.3) is 5.91 Å². The Hall–Kier alpha value is -3.19. The number of ether oxygens (including phenoxy) is 1. The monoisotopic (exact) mass is 397 g/mol. The number of carbonyl (C=O) groups is 3. The van der Waals surface area contributed by atoms with Crippen LogP contribution in [0.15, 0.2) is 59.7 Å². The second-order valence-electron chi connectivity index (χ2n) is 6.30. The summed E-state index contributed by atoms with van der Waals surface area (Å²) in [7, 11) is 0. The first-order valence-electron chi connectivity index (χ1n) is 8.76. The molecule has 1 fully saturated rings. The molecule has 2 atom stereocenters. The summed E-state index contributed by atoms with van der Waals surface area (Å²) >= 11 is 6.03. The SMILES string of the molecule is CCOC(=O)C1=NN(c2ccccc2)[C@@H]2C(=O)N(c3cccc(Cl)c3)C(=O)[C@H]12. The van der Waals surface area contributed by atoms with E-state index in [1.807, 2.05) is 6.07 Å². The number of nitrogens with zero attached hydrogens (tertiary/aromatic N) is 3. The number of fused-ring (bicyclic) bond motifs is 1. The van der Waals surface area contributed by atoms with Crippen LogP contribution < -0.4 is 9.91 Å². The van der Waals surface area contributed by atoms with Gasteiger partial charge in [0.15, 0.2) is 5.71 Å². The summed E-state index contributed by atoms with van der Waals surface area (Å²) in [5.41, 5.74) is 0.887. The number of esters is 1. The van der Waals surface area contributed by atoms with Crippen LogP contribution in [0.25, 0.3) is 0 Å². The molecule has 2 heterocycles. The Labute approximate surface area is 166 Å². The number of carbonyl (C=O) groups excluding carboxylic acids is 3. The maximum absolute atomic E-state index is 13.2. The molecule has 0 radical (unpaired) electrons. The molecule has 1 saturated heterocycles. The standard InChI is InChI=1S/C20H16ClN3O4/c1-2-28-20(27)16-15-17(24(22-16)13-8-4-3-5-9-13)19(26)23(18(15)25)14-10-6-7-12(21)11-14/h3-11,15,17H,2H2,1H3/t15-,17+/m1/s1. The van der Waals surface area contributed by atoms with Crippen LogP contribution in [-0.2, 0) is 19.1 Å². The van der Waals surface area contributed by atoms with Gasteiger partial charge in [-0.3, -0.25) is 14.6 Å². The van der Waals surface area contributed by atoms with Crippen molar-refractivity contribution in [1.29, 1.82) is 0 Å². The molecule has 8 heteroatoms. The molecule has 2 aliphatic heterocycles. The summed E-state index contributed by atoms with van der Waals surface area (Å²) in [6.45, 7) is 1.81. The van der Waals surface area contributed by atoms with Crippen molar-refractivity contribution in [3.05, 3.63) is 59.6 Å². The van der Waals surface area contributed by atoms with Crippen LogP contribution in [0, 0.1) is 5.92 Å². The molecule has 2 aromatic rings. The van der Waals surface area contributed by atoms with Crippen molar-refractivity contribution >= 4 is 46.5 Å². The predicted molar refractivity (Wildman–Crippen MR) is 104 cm³/mol. The van der Waals surface area contributed by atoms with Gasteiger partial charge in [0.1, 0.15) is 12.0 Å². The third-order valence-corrected chi connectivity index (χ3v) is 4.86.